The van der Waals surface area contributed by atoms with Crippen LogP contribution in [0.25, 0.3) is 61.1 Å². The summed E-state index contributed by atoms with van der Waals surface area (Å²) in [7, 11) is 0. The maximum Gasteiger partial charge on any atom is 0.216 e. The Morgan fingerprint density at radius 2 is 1.18 bits per heavy atom. The fourth-order valence-electron chi connectivity index (χ4n) is 7.77. The molecule has 0 radical (unpaired) electrons. The first-order chi connectivity index (χ1) is 24.8. The summed E-state index contributed by atoms with van der Waals surface area (Å²) in [6, 6.07) is 56.1. The van der Waals surface area contributed by atoms with Crippen LogP contribution >= 0.6 is 0 Å². The second-order valence-corrected chi connectivity index (χ2v) is 13.0. The van der Waals surface area contributed by atoms with Gasteiger partial charge in [-0.05, 0) is 58.5 Å². The summed E-state index contributed by atoms with van der Waals surface area (Å²) in [5.74, 6) is 1.06. The Labute approximate surface area is 290 Å². The zero-order valence-electron chi connectivity index (χ0n) is 27.3. The molecule has 0 saturated carbocycles. The molecule has 6 aromatic carbocycles. The molecule has 1 aliphatic carbocycles. The number of nitrogens with zero attached hydrogens (tertiary/aromatic N) is 4. The van der Waals surface area contributed by atoms with Gasteiger partial charge in [0.05, 0.1) is 34.2 Å². The first kappa shape index (κ1) is 28.5. The Balaban J connectivity index is 1.20. The molecule has 0 amide bonds. The molecule has 0 bridgehead atoms. The van der Waals surface area contributed by atoms with Crippen molar-refractivity contribution >= 4 is 33.4 Å². The molecule has 10 rings (SSSR count). The standard InChI is InChI=1S/C46H32N4/c1-3-15-32(16-4-1)40-29-35(30-41(47-40)33-17-5-2-6-18-33)34-19-13-20-36(28-34)49-42-24-11-9-22-38(42)39-23-10-12-25-43(39)50-44-27-26-31-14-7-8-21-37(31)45(44)48-46(49)50/h1-30,38,42H. The van der Waals surface area contributed by atoms with E-state index in [1.54, 1.807) is 0 Å². The highest BCUT2D eigenvalue weighted by Gasteiger charge is 2.37. The van der Waals surface area contributed by atoms with E-state index >= 15 is 0 Å². The Morgan fingerprint density at radius 1 is 0.500 bits per heavy atom. The minimum Gasteiger partial charge on any atom is -0.304 e. The summed E-state index contributed by atoms with van der Waals surface area (Å²) in [6.45, 7) is 0. The third-order valence-corrected chi connectivity index (χ3v) is 10.1. The van der Waals surface area contributed by atoms with Crippen molar-refractivity contribution in [1.82, 2.24) is 14.5 Å². The van der Waals surface area contributed by atoms with Crippen molar-refractivity contribution in [2.45, 2.75) is 12.0 Å². The van der Waals surface area contributed by atoms with E-state index in [4.69, 9.17) is 9.97 Å². The van der Waals surface area contributed by atoms with Gasteiger partial charge in [0.1, 0.15) is 0 Å². The number of allylic oxidation sites excluding steroid dienone is 2. The van der Waals surface area contributed by atoms with Gasteiger partial charge < -0.3 is 4.90 Å². The first-order valence-electron chi connectivity index (χ1n) is 17.2. The van der Waals surface area contributed by atoms with Crippen molar-refractivity contribution < 1.29 is 0 Å². The molecule has 2 aliphatic rings. The molecule has 8 aromatic rings. The van der Waals surface area contributed by atoms with Gasteiger partial charge in [-0.2, -0.15) is 0 Å². The number of rotatable bonds is 4. The van der Waals surface area contributed by atoms with Crippen LogP contribution in [0.5, 0.6) is 0 Å². The van der Waals surface area contributed by atoms with E-state index in [1.807, 2.05) is 12.1 Å². The number of hydrogen-bond donors (Lipinski definition) is 0. The van der Waals surface area contributed by atoms with Crippen molar-refractivity contribution in [3.05, 3.63) is 188 Å². The van der Waals surface area contributed by atoms with Gasteiger partial charge >= 0.3 is 0 Å². The van der Waals surface area contributed by atoms with E-state index in [9.17, 15) is 0 Å². The highest BCUT2D eigenvalue weighted by Crippen LogP contribution is 2.46. The molecule has 1 aliphatic heterocycles. The molecule has 0 fully saturated rings. The minimum absolute atomic E-state index is 0.0259. The maximum absolute atomic E-state index is 5.52. The monoisotopic (exact) mass is 640 g/mol. The molecule has 2 unspecified atom stereocenters. The van der Waals surface area contributed by atoms with E-state index in [0.29, 0.717) is 0 Å². The Bertz CT molecular complexity index is 2560. The summed E-state index contributed by atoms with van der Waals surface area (Å²) < 4.78 is 2.37. The molecule has 3 heterocycles. The summed E-state index contributed by atoms with van der Waals surface area (Å²) in [4.78, 5) is 13.1. The second kappa shape index (κ2) is 11.6. The summed E-state index contributed by atoms with van der Waals surface area (Å²) >= 11 is 0. The van der Waals surface area contributed by atoms with E-state index in [-0.39, 0.29) is 12.0 Å². The molecule has 0 spiro atoms. The summed E-state index contributed by atoms with van der Waals surface area (Å²) in [5.41, 5.74) is 12.0. The lowest BCUT2D eigenvalue weighted by Gasteiger charge is -2.34. The van der Waals surface area contributed by atoms with Crippen LogP contribution < -0.4 is 4.90 Å². The van der Waals surface area contributed by atoms with Crippen molar-refractivity contribution in [2.75, 3.05) is 4.90 Å². The number of anilines is 2. The van der Waals surface area contributed by atoms with E-state index in [2.05, 4.69) is 179 Å². The Kier molecular flexibility index (Phi) is 6.59. The van der Waals surface area contributed by atoms with E-state index in [0.717, 1.165) is 61.7 Å². The summed E-state index contributed by atoms with van der Waals surface area (Å²) in [6.07, 6.45) is 9.02. The number of benzene rings is 6. The van der Waals surface area contributed by atoms with Gasteiger partial charge in [-0.15, -0.1) is 0 Å². The zero-order valence-corrected chi connectivity index (χ0v) is 27.3. The topological polar surface area (TPSA) is 34.0 Å². The largest absolute Gasteiger partial charge is 0.304 e. The van der Waals surface area contributed by atoms with Gasteiger partial charge in [-0.25, -0.2) is 9.97 Å². The van der Waals surface area contributed by atoms with Gasteiger partial charge in [0.2, 0.25) is 5.95 Å². The number of hydrogen-bond acceptors (Lipinski definition) is 3. The van der Waals surface area contributed by atoms with Gasteiger partial charge in [-0.3, -0.25) is 4.57 Å². The molecule has 4 nitrogen and oxygen atoms in total. The van der Waals surface area contributed by atoms with Crippen molar-refractivity contribution in [3.63, 3.8) is 0 Å². The fraction of sp³-hybridized carbons (Fsp3) is 0.0435. The lowest BCUT2D eigenvalue weighted by molar-refractivity contribution is 0.691. The van der Waals surface area contributed by atoms with Crippen LogP contribution in [0.3, 0.4) is 0 Å². The molecule has 0 N–H and O–H groups in total. The van der Waals surface area contributed by atoms with Crippen LogP contribution in [0.4, 0.5) is 11.6 Å². The minimum atomic E-state index is 0.0259. The molecular weight excluding hydrogens is 609 g/mol. The van der Waals surface area contributed by atoms with Gasteiger partial charge in [0, 0.05) is 28.1 Å². The SMILES string of the molecule is C1=CC2c3ccccc3-n3c(nc4c5ccccc5ccc43)N(c3cccc(-c4cc(-c5ccccc5)nc(-c5ccccc5)c4)c3)C2C=C1. The van der Waals surface area contributed by atoms with Crippen LogP contribution in [0.1, 0.15) is 11.5 Å². The number of imidazole rings is 1. The predicted octanol–water partition coefficient (Wildman–Crippen LogP) is 11.3. The highest BCUT2D eigenvalue weighted by molar-refractivity contribution is 6.06. The molecule has 0 saturated heterocycles. The van der Waals surface area contributed by atoms with Crippen LogP contribution in [-0.4, -0.2) is 20.6 Å². The number of pyridine rings is 1. The van der Waals surface area contributed by atoms with Crippen LogP contribution in [-0.2, 0) is 0 Å². The number of para-hydroxylation sites is 1. The van der Waals surface area contributed by atoms with E-state index < -0.39 is 0 Å². The van der Waals surface area contributed by atoms with Crippen molar-refractivity contribution in [2.24, 2.45) is 0 Å². The summed E-state index contributed by atoms with van der Waals surface area (Å²) in [5, 5.41) is 2.35. The zero-order chi connectivity index (χ0) is 33.0. The lowest BCUT2D eigenvalue weighted by atomic mass is 9.86. The number of aromatic nitrogens is 3. The third kappa shape index (κ3) is 4.61. The van der Waals surface area contributed by atoms with Crippen molar-refractivity contribution in [1.29, 1.82) is 0 Å². The van der Waals surface area contributed by atoms with Gasteiger partial charge in [0.15, 0.2) is 0 Å². The fourth-order valence-corrected chi connectivity index (χ4v) is 7.77. The van der Waals surface area contributed by atoms with E-state index in [1.165, 1.54) is 16.6 Å². The average Bonchev–Trinajstić information content (AvgIpc) is 3.53. The predicted molar refractivity (Wildman–Crippen MR) is 206 cm³/mol. The quantitative estimate of drug-likeness (QED) is 0.192. The second-order valence-electron chi connectivity index (χ2n) is 13.0. The Hall–Kier alpha value is -6.52. The molecule has 4 heteroatoms. The van der Waals surface area contributed by atoms with Crippen LogP contribution in [0.15, 0.2) is 182 Å². The van der Waals surface area contributed by atoms with Gasteiger partial charge in [-0.1, -0.05) is 146 Å². The molecular formula is C46H32N4. The van der Waals surface area contributed by atoms with Crippen LogP contribution in [0, 0.1) is 0 Å². The van der Waals surface area contributed by atoms with Gasteiger partial charge in [0.25, 0.3) is 0 Å². The third-order valence-electron chi connectivity index (χ3n) is 10.1. The van der Waals surface area contributed by atoms with Crippen LogP contribution in [0.2, 0.25) is 0 Å². The normalized spacial score (nSPS) is 16.2. The number of fused-ring (bicyclic) bond motifs is 9. The molecule has 50 heavy (non-hydrogen) atoms. The molecule has 2 aromatic heterocycles. The molecule has 2 atom stereocenters. The highest BCUT2D eigenvalue weighted by atomic mass is 15.3. The lowest BCUT2D eigenvalue weighted by Crippen LogP contribution is -2.35. The van der Waals surface area contributed by atoms with Crippen molar-refractivity contribution in [3.8, 4) is 39.3 Å². The maximum atomic E-state index is 5.52. The molecule has 236 valence electrons. The smallest absolute Gasteiger partial charge is 0.216 e. The Morgan fingerprint density at radius 3 is 1.98 bits per heavy atom. The first-order valence-corrected chi connectivity index (χ1v) is 17.2. The average molecular weight is 641 g/mol.